The van der Waals surface area contributed by atoms with Crippen molar-refractivity contribution in [3.8, 4) is 5.75 Å². The Morgan fingerprint density at radius 2 is 1.44 bits per heavy atom. The maximum atomic E-state index is 9.13. The van der Waals surface area contributed by atoms with Crippen LogP contribution in [-0.4, -0.2) is 5.11 Å². The van der Waals surface area contributed by atoms with E-state index in [9.17, 15) is 0 Å². The molecule has 1 aromatic rings. The minimum absolute atomic E-state index is 0. The van der Waals surface area contributed by atoms with E-state index in [1.165, 1.54) is 44.1 Å². The summed E-state index contributed by atoms with van der Waals surface area (Å²) < 4.78 is 0. The SMILES string of the molecule is CCCCCCCCc1ccc(O)cc1.[Na+]. The molecule has 0 bridgehead atoms. The van der Waals surface area contributed by atoms with Crippen LogP contribution in [0, 0.1) is 0 Å². The van der Waals surface area contributed by atoms with Crippen LogP contribution in [0.2, 0.25) is 0 Å². The van der Waals surface area contributed by atoms with Gasteiger partial charge in [0.05, 0.1) is 0 Å². The van der Waals surface area contributed by atoms with Crippen LogP contribution < -0.4 is 29.6 Å². The number of unbranched alkanes of at least 4 members (excludes halogenated alkanes) is 5. The van der Waals surface area contributed by atoms with Crippen LogP contribution in [0.15, 0.2) is 24.3 Å². The summed E-state index contributed by atoms with van der Waals surface area (Å²) in [5.74, 6) is 0.363. The molecule has 0 saturated heterocycles. The first-order chi connectivity index (χ1) is 7.33. The summed E-state index contributed by atoms with van der Waals surface area (Å²) >= 11 is 0. The quantitative estimate of drug-likeness (QED) is 0.552. The number of hydrogen-bond acceptors (Lipinski definition) is 1. The van der Waals surface area contributed by atoms with Crippen LogP contribution in [0.3, 0.4) is 0 Å². The van der Waals surface area contributed by atoms with Gasteiger partial charge in [-0.05, 0) is 30.5 Å². The fourth-order valence-electron chi connectivity index (χ4n) is 1.77. The monoisotopic (exact) mass is 229 g/mol. The number of aromatic hydroxyl groups is 1. The molecule has 1 N–H and O–H groups in total. The number of hydrogen-bond donors (Lipinski definition) is 1. The van der Waals surface area contributed by atoms with E-state index in [-0.39, 0.29) is 29.6 Å². The molecule has 0 spiro atoms. The normalized spacial score (nSPS) is 9.81. The molecule has 1 aromatic carbocycles. The second-order valence-corrected chi connectivity index (χ2v) is 4.18. The van der Waals surface area contributed by atoms with Gasteiger partial charge in [-0.3, -0.25) is 0 Å². The van der Waals surface area contributed by atoms with Gasteiger partial charge in [0.15, 0.2) is 0 Å². The molecule has 84 valence electrons. The molecule has 2 heteroatoms. The Hall–Kier alpha value is 0.0200. The molecule has 0 atom stereocenters. The van der Waals surface area contributed by atoms with Crippen molar-refractivity contribution in [3.63, 3.8) is 0 Å². The number of aryl methyl sites for hydroxylation is 1. The second kappa shape index (κ2) is 10.2. The third-order valence-corrected chi connectivity index (χ3v) is 2.76. The molecule has 1 nitrogen and oxygen atoms in total. The Kier molecular flexibility index (Phi) is 10.2. The van der Waals surface area contributed by atoms with Crippen LogP contribution in [-0.2, 0) is 6.42 Å². The van der Waals surface area contributed by atoms with Gasteiger partial charge >= 0.3 is 29.6 Å². The fourth-order valence-corrected chi connectivity index (χ4v) is 1.77. The average Bonchev–Trinajstić information content (AvgIpc) is 2.26. The fraction of sp³-hybridized carbons (Fsp3) is 0.571. The topological polar surface area (TPSA) is 20.2 Å². The summed E-state index contributed by atoms with van der Waals surface area (Å²) in [5, 5.41) is 9.13. The molecule has 0 heterocycles. The third kappa shape index (κ3) is 7.32. The smallest absolute Gasteiger partial charge is 0.508 e. The molecule has 0 fully saturated rings. The summed E-state index contributed by atoms with van der Waals surface area (Å²) in [6.45, 7) is 2.25. The molecule has 0 saturated carbocycles. The largest absolute Gasteiger partial charge is 1.00 e. The van der Waals surface area contributed by atoms with Crippen molar-refractivity contribution < 1.29 is 34.7 Å². The molecule has 0 radical (unpaired) electrons. The standard InChI is InChI=1S/C14H22O.Na/c1-2-3-4-5-6-7-8-13-9-11-14(15)12-10-13;/h9-12,15H,2-8H2,1H3;/q;+1. The van der Waals surface area contributed by atoms with Crippen molar-refractivity contribution in [3.05, 3.63) is 29.8 Å². The zero-order valence-corrected chi connectivity index (χ0v) is 12.7. The zero-order valence-electron chi connectivity index (χ0n) is 10.7. The van der Waals surface area contributed by atoms with Crippen LogP contribution in [0.5, 0.6) is 5.75 Å². The van der Waals surface area contributed by atoms with Crippen LogP contribution in [0.4, 0.5) is 0 Å². The van der Waals surface area contributed by atoms with Gasteiger partial charge in [-0.1, -0.05) is 51.2 Å². The van der Waals surface area contributed by atoms with Crippen molar-refractivity contribution in [2.24, 2.45) is 0 Å². The first-order valence-corrected chi connectivity index (χ1v) is 6.11. The number of benzene rings is 1. The van der Waals surface area contributed by atoms with Crippen LogP contribution >= 0.6 is 0 Å². The van der Waals surface area contributed by atoms with Crippen molar-refractivity contribution in [2.45, 2.75) is 51.9 Å². The van der Waals surface area contributed by atoms with E-state index in [0.29, 0.717) is 5.75 Å². The molecule has 0 aliphatic heterocycles. The number of phenolic OH excluding ortho intramolecular Hbond substituents is 1. The van der Waals surface area contributed by atoms with Gasteiger partial charge in [-0.25, -0.2) is 0 Å². The van der Waals surface area contributed by atoms with E-state index in [4.69, 9.17) is 5.11 Å². The van der Waals surface area contributed by atoms with Crippen molar-refractivity contribution >= 4 is 0 Å². The average molecular weight is 229 g/mol. The molecule has 0 unspecified atom stereocenters. The van der Waals surface area contributed by atoms with Gasteiger partial charge in [0.25, 0.3) is 0 Å². The Labute approximate surface area is 122 Å². The summed E-state index contributed by atoms with van der Waals surface area (Å²) in [5.41, 5.74) is 1.34. The summed E-state index contributed by atoms with van der Waals surface area (Å²) in [6.07, 6.45) is 9.19. The molecule has 16 heavy (non-hydrogen) atoms. The van der Waals surface area contributed by atoms with E-state index >= 15 is 0 Å². The Morgan fingerprint density at radius 1 is 0.875 bits per heavy atom. The molecular formula is C14H22NaO+. The molecule has 0 amide bonds. The molecular weight excluding hydrogens is 207 g/mol. The molecule has 0 aliphatic rings. The van der Waals surface area contributed by atoms with E-state index in [2.05, 4.69) is 6.92 Å². The second-order valence-electron chi connectivity index (χ2n) is 4.18. The number of phenols is 1. The Balaban J connectivity index is 0.00000225. The van der Waals surface area contributed by atoms with Crippen molar-refractivity contribution in [1.29, 1.82) is 0 Å². The van der Waals surface area contributed by atoms with E-state index in [1.807, 2.05) is 12.1 Å². The van der Waals surface area contributed by atoms with Gasteiger partial charge < -0.3 is 5.11 Å². The minimum Gasteiger partial charge on any atom is -0.508 e. The molecule has 0 aromatic heterocycles. The van der Waals surface area contributed by atoms with Gasteiger partial charge in [0, 0.05) is 0 Å². The van der Waals surface area contributed by atoms with E-state index < -0.39 is 0 Å². The summed E-state index contributed by atoms with van der Waals surface area (Å²) in [6, 6.07) is 7.57. The molecule has 0 aliphatic carbocycles. The van der Waals surface area contributed by atoms with Gasteiger partial charge in [0.1, 0.15) is 5.75 Å². The molecule has 1 rings (SSSR count). The predicted octanol–water partition coefficient (Wildman–Crippen LogP) is 1.30. The Morgan fingerprint density at radius 3 is 2.06 bits per heavy atom. The summed E-state index contributed by atoms with van der Waals surface area (Å²) in [4.78, 5) is 0. The van der Waals surface area contributed by atoms with Crippen LogP contribution in [0.1, 0.15) is 51.0 Å². The maximum absolute atomic E-state index is 9.13. The van der Waals surface area contributed by atoms with Crippen molar-refractivity contribution in [2.75, 3.05) is 0 Å². The van der Waals surface area contributed by atoms with Crippen molar-refractivity contribution in [1.82, 2.24) is 0 Å². The van der Waals surface area contributed by atoms with Gasteiger partial charge in [-0.2, -0.15) is 0 Å². The maximum Gasteiger partial charge on any atom is 1.00 e. The Bertz CT molecular complexity index is 256. The van der Waals surface area contributed by atoms with Gasteiger partial charge in [0.2, 0.25) is 0 Å². The predicted molar refractivity (Wildman–Crippen MR) is 65.2 cm³/mol. The van der Waals surface area contributed by atoms with Gasteiger partial charge in [-0.15, -0.1) is 0 Å². The summed E-state index contributed by atoms with van der Waals surface area (Å²) in [7, 11) is 0. The number of rotatable bonds is 7. The van der Waals surface area contributed by atoms with E-state index in [0.717, 1.165) is 6.42 Å². The zero-order chi connectivity index (χ0) is 10.9. The minimum atomic E-state index is 0. The third-order valence-electron chi connectivity index (χ3n) is 2.76. The first kappa shape index (κ1) is 16.0. The van der Waals surface area contributed by atoms with Crippen LogP contribution in [0.25, 0.3) is 0 Å². The first-order valence-electron chi connectivity index (χ1n) is 6.11. The van der Waals surface area contributed by atoms with E-state index in [1.54, 1.807) is 12.1 Å².